The molecule has 0 aromatic carbocycles. The lowest BCUT2D eigenvalue weighted by atomic mass is 9.96. The van der Waals surface area contributed by atoms with Gasteiger partial charge in [0, 0.05) is 13.7 Å². The van der Waals surface area contributed by atoms with E-state index in [2.05, 4.69) is 10.6 Å². The number of carboxylic acid groups (broad SMARTS) is 1. The van der Waals surface area contributed by atoms with Crippen molar-refractivity contribution in [1.82, 2.24) is 10.6 Å². The van der Waals surface area contributed by atoms with Gasteiger partial charge in [0.05, 0.1) is 18.2 Å². The van der Waals surface area contributed by atoms with Gasteiger partial charge in [0.2, 0.25) is 0 Å². The zero-order valence-corrected chi connectivity index (χ0v) is 11.6. The van der Waals surface area contributed by atoms with E-state index in [-0.39, 0.29) is 18.2 Å². The molecule has 0 aromatic heterocycles. The fourth-order valence-electron chi connectivity index (χ4n) is 2.85. The average molecular weight is 286 g/mol. The molecule has 2 rings (SSSR count). The number of carbonyl (C=O) groups excluding carboxylic acids is 1. The molecule has 0 radical (unpaired) electrons. The predicted molar refractivity (Wildman–Crippen MR) is 70.5 cm³/mol. The van der Waals surface area contributed by atoms with Gasteiger partial charge in [-0.3, -0.25) is 0 Å². The van der Waals surface area contributed by atoms with Gasteiger partial charge in [0.25, 0.3) is 0 Å². The van der Waals surface area contributed by atoms with Gasteiger partial charge in [-0.05, 0) is 32.1 Å². The maximum atomic E-state index is 11.9. The summed E-state index contributed by atoms with van der Waals surface area (Å²) >= 11 is 0. The number of carbonyl (C=O) groups is 2. The van der Waals surface area contributed by atoms with Crippen LogP contribution in [-0.2, 0) is 14.3 Å². The van der Waals surface area contributed by atoms with Crippen molar-refractivity contribution in [2.75, 3.05) is 13.7 Å². The quantitative estimate of drug-likeness (QED) is 0.592. The molecule has 3 N–H and O–H groups in total. The maximum Gasteiger partial charge on any atom is 0.326 e. The minimum Gasteiger partial charge on any atom is -0.480 e. The third-order valence-corrected chi connectivity index (χ3v) is 3.87. The molecule has 0 spiro atoms. The summed E-state index contributed by atoms with van der Waals surface area (Å²) in [5.41, 5.74) is 0. The Hall–Kier alpha value is -1.34. The number of hydrogen-bond donors (Lipinski definition) is 3. The third-order valence-electron chi connectivity index (χ3n) is 3.87. The lowest BCUT2D eigenvalue weighted by Crippen LogP contribution is -2.51. The number of amides is 2. The van der Waals surface area contributed by atoms with Crippen LogP contribution in [0, 0.1) is 0 Å². The summed E-state index contributed by atoms with van der Waals surface area (Å²) in [5.74, 6) is -1.03. The van der Waals surface area contributed by atoms with Gasteiger partial charge < -0.3 is 25.2 Å². The normalized spacial score (nSPS) is 29.1. The lowest BCUT2D eigenvalue weighted by Gasteiger charge is -2.22. The van der Waals surface area contributed by atoms with Crippen LogP contribution >= 0.6 is 0 Å². The molecule has 2 aliphatic heterocycles. The summed E-state index contributed by atoms with van der Waals surface area (Å²) in [7, 11) is 1.56. The standard InChI is InChI=1S/C13H22N2O5/c1-19-6-2-3-9(12(16)17)14-13(18)15-10-7-8-4-5-11(10)20-8/h8-11H,2-7H2,1H3,(H,16,17)(H2,14,15,18). The first-order valence-corrected chi connectivity index (χ1v) is 7.04. The summed E-state index contributed by atoms with van der Waals surface area (Å²) in [6, 6.07) is -1.32. The first-order valence-electron chi connectivity index (χ1n) is 7.04. The Labute approximate surface area is 118 Å². The van der Waals surface area contributed by atoms with Gasteiger partial charge in [0.15, 0.2) is 0 Å². The average Bonchev–Trinajstić information content (AvgIpc) is 2.99. The summed E-state index contributed by atoms with van der Waals surface area (Å²) in [4.78, 5) is 22.9. The minimum atomic E-state index is -1.03. The van der Waals surface area contributed by atoms with E-state index in [1.807, 2.05) is 0 Å². The molecule has 2 heterocycles. The van der Waals surface area contributed by atoms with E-state index in [9.17, 15) is 9.59 Å². The van der Waals surface area contributed by atoms with E-state index in [0.29, 0.717) is 19.4 Å². The van der Waals surface area contributed by atoms with Crippen LogP contribution in [0.4, 0.5) is 4.79 Å². The van der Waals surface area contributed by atoms with Crippen LogP contribution in [0.5, 0.6) is 0 Å². The number of hydrogen-bond acceptors (Lipinski definition) is 4. The van der Waals surface area contributed by atoms with Crippen LogP contribution in [0.2, 0.25) is 0 Å². The van der Waals surface area contributed by atoms with E-state index in [1.165, 1.54) is 0 Å². The number of urea groups is 1. The van der Waals surface area contributed by atoms with E-state index >= 15 is 0 Å². The molecule has 2 amide bonds. The fraction of sp³-hybridized carbons (Fsp3) is 0.846. The van der Waals surface area contributed by atoms with Crippen molar-refractivity contribution < 1.29 is 24.2 Å². The summed E-state index contributed by atoms with van der Waals surface area (Å²) in [6.07, 6.45) is 4.11. The molecule has 114 valence electrons. The van der Waals surface area contributed by atoms with Gasteiger partial charge in [-0.1, -0.05) is 0 Å². The van der Waals surface area contributed by atoms with Crippen molar-refractivity contribution in [1.29, 1.82) is 0 Å². The monoisotopic (exact) mass is 286 g/mol. The molecule has 2 fully saturated rings. The first kappa shape index (κ1) is 15.1. The maximum absolute atomic E-state index is 11.9. The summed E-state index contributed by atoms with van der Waals surface area (Å²) in [6.45, 7) is 0.479. The smallest absolute Gasteiger partial charge is 0.326 e. The number of carboxylic acids is 1. The predicted octanol–water partition coefficient (Wildman–Crippen LogP) is 0.485. The van der Waals surface area contributed by atoms with Gasteiger partial charge in [-0.25, -0.2) is 9.59 Å². The molecule has 2 aliphatic rings. The molecule has 7 heteroatoms. The summed E-state index contributed by atoms with van der Waals surface area (Å²) in [5, 5.41) is 14.4. The Morgan fingerprint density at radius 1 is 1.45 bits per heavy atom. The van der Waals surface area contributed by atoms with Gasteiger partial charge in [0.1, 0.15) is 6.04 Å². The van der Waals surface area contributed by atoms with Crippen LogP contribution in [-0.4, -0.2) is 55.1 Å². The van der Waals surface area contributed by atoms with Crippen molar-refractivity contribution in [3.8, 4) is 0 Å². The van der Waals surface area contributed by atoms with Crippen LogP contribution in [0.15, 0.2) is 0 Å². The number of rotatable bonds is 7. The molecular formula is C13H22N2O5. The summed E-state index contributed by atoms with van der Waals surface area (Å²) < 4.78 is 10.5. The molecule has 0 aromatic rings. The Balaban J connectivity index is 1.75. The Morgan fingerprint density at radius 2 is 2.25 bits per heavy atom. The Kier molecular flexibility index (Phi) is 5.19. The number of methoxy groups -OCH3 is 1. The second-order valence-electron chi connectivity index (χ2n) is 5.36. The van der Waals surface area contributed by atoms with Gasteiger partial charge in [-0.2, -0.15) is 0 Å². The second-order valence-corrected chi connectivity index (χ2v) is 5.36. The zero-order chi connectivity index (χ0) is 14.5. The van der Waals surface area contributed by atoms with E-state index in [4.69, 9.17) is 14.6 Å². The third kappa shape index (κ3) is 3.83. The van der Waals surface area contributed by atoms with Crippen molar-refractivity contribution in [2.45, 2.75) is 56.4 Å². The number of nitrogens with one attached hydrogen (secondary N) is 2. The molecular weight excluding hydrogens is 264 g/mol. The van der Waals surface area contributed by atoms with Crippen LogP contribution < -0.4 is 10.6 Å². The molecule has 2 bridgehead atoms. The molecule has 20 heavy (non-hydrogen) atoms. The molecule has 4 atom stereocenters. The highest BCUT2D eigenvalue weighted by molar-refractivity contribution is 5.82. The topological polar surface area (TPSA) is 96.9 Å². The van der Waals surface area contributed by atoms with E-state index in [0.717, 1.165) is 19.3 Å². The molecule has 0 aliphatic carbocycles. The highest BCUT2D eigenvalue weighted by Crippen LogP contribution is 2.34. The Morgan fingerprint density at radius 3 is 2.80 bits per heavy atom. The van der Waals surface area contributed by atoms with Crippen molar-refractivity contribution in [3.05, 3.63) is 0 Å². The molecule has 2 saturated heterocycles. The molecule has 0 saturated carbocycles. The fourth-order valence-corrected chi connectivity index (χ4v) is 2.85. The van der Waals surface area contributed by atoms with Gasteiger partial charge >= 0.3 is 12.0 Å². The largest absolute Gasteiger partial charge is 0.480 e. The van der Waals surface area contributed by atoms with Crippen LogP contribution in [0.25, 0.3) is 0 Å². The highest BCUT2D eigenvalue weighted by atomic mass is 16.5. The van der Waals surface area contributed by atoms with Crippen molar-refractivity contribution >= 4 is 12.0 Å². The van der Waals surface area contributed by atoms with E-state index in [1.54, 1.807) is 7.11 Å². The Bertz CT molecular complexity index is 363. The number of ether oxygens (including phenoxy) is 2. The molecule has 4 unspecified atom stereocenters. The SMILES string of the molecule is COCCCC(NC(=O)NC1CC2CCC1O2)C(=O)O. The van der Waals surface area contributed by atoms with Crippen LogP contribution in [0.3, 0.4) is 0 Å². The van der Waals surface area contributed by atoms with Gasteiger partial charge in [-0.15, -0.1) is 0 Å². The van der Waals surface area contributed by atoms with E-state index < -0.39 is 18.0 Å². The minimum absolute atomic E-state index is 0.00201. The van der Waals surface area contributed by atoms with Crippen molar-refractivity contribution in [2.24, 2.45) is 0 Å². The second kappa shape index (κ2) is 6.90. The van der Waals surface area contributed by atoms with Crippen molar-refractivity contribution in [3.63, 3.8) is 0 Å². The lowest BCUT2D eigenvalue weighted by molar-refractivity contribution is -0.139. The zero-order valence-electron chi connectivity index (χ0n) is 11.6. The first-order chi connectivity index (χ1) is 9.60. The highest BCUT2D eigenvalue weighted by Gasteiger charge is 2.41. The van der Waals surface area contributed by atoms with Crippen LogP contribution in [0.1, 0.15) is 32.1 Å². The number of fused-ring (bicyclic) bond motifs is 2. The molecule has 7 nitrogen and oxygen atoms in total. The number of aliphatic carboxylic acids is 1.